The van der Waals surface area contributed by atoms with Crippen LogP contribution in [0.5, 0.6) is 0 Å². The zero-order chi connectivity index (χ0) is 10.2. The Kier molecular flexibility index (Phi) is 6.20. The third-order valence-corrected chi connectivity index (χ3v) is 3.23. The first-order chi connectivity index (χ1) is 6.83. The first kappa shape index (κ1) is 12.0. The molecule has 0 bridgehead atoms. The van der Waals surface area contributed by atoms with Gasteiger partial charge in [-0.3, -0.25) is 0 Å². The SMILES string of the molecule is COC(C)CCCNC1CCCCC1. The molecule has 0 amide bonds. The van der Waals surface area contributed by atoms with Crippen molar-refractivity contribution in [2.45, 2.75) is 64.0 Å². The molecule has 1 N–H and O–H groups in total. The van der Waals surface area contributed by atoms with Gasteiger partial charge in [-0.2, -0.15) is 0 Å². The van der Waals surface area contributed by atoms with Crippen LogP contribution in [0.1, 0.15) is 51.9 Å². The second kappa shape index (κ2) is 7.24. The molecule has 2 nitrogen and oxygen atoms in total. The zero-order valence-electron chi connectivity index (χ0n) is 9.72. The minimum absolute atomic E-state index is 0.420. The van der Waals surface area contributed by atoms with Crippen LogP contribution < -0.4 is 5.32 Å². The van der Waals surface area contributed by atoms with E-state index in [1.54, 1.807) is 7.11 Å². The molecule has 1 unspecified atom stereocenters. The van der Waals surface area contributed by atoms with Gasteiger partial charge >= 0.3 is 0 Å². The van der Waals surface area contributed by atoms with E-state index in [2.05, 4.69) is 12.2 Å². The van der Waals surface area contributed by atoms with E-state index in [0.717, 1.165) is 6.04 Å². The standard InChI is InChI=1S/C12H25NO/c1-11(14-2)7-6-10-13-12-8-4-3-5-9-12/h11-13H,3-10H2,1-2H3. The second-order valence-electron chi connectivity index (χ2n) is 4.48. The molecular weight excluding hydrogens is 174 g/mol. The summed E-state index contributed by atoms with van der Waals surface area (Å²) in [5.74, 6) is 0. The van der Waals surface area contributed by atoms with Gasteiger partial charge in [-0.05, 0) is 39.2 Å². The fraction of sp³-hybridized carbons (Fsp3) is 1.00. The fourth-order valence-electron chi connectivity index (χ4n) is 2.12. The lowest BCUT2D eigenvalue weighted by molar-refractivity contribution is 0.108. The van der Waals surface area contributed by atoms with Gasteiger partial charge in [0.15, 0.2) is 0 Å². The molecule has 1 atom stereocenters. The summed E-state index contributed by atoms with van der Waals surface area (Å²) in [5.41, 5.74) is 0. The van der Waals surface area contributed by atoms with Crippen LogP contribution in [0.4, 0.5) is 0 Å². The van der Waals surface area contributed by atoms with Crippen LogP contribution in [0.25, 0.3) is 0 Å². The molecule has 0 spiro atoms. The van der Waals surface area contributed by atoms with E-state index in [-0.39, 0.29) is 0 Å². The van der Waals surface area contributed by atoms with Crippen molar-refractivity contribution in [3.8, 4) is 0 Å². The van der Waals surface area contributed by atoms with E-state index in [1.165, 1.54) is 51.5 Å². The third-order valence-electron chi connectivity index (χ3n) is 3.23. The average Bonchev–Trinajstić information content (AvgIpc) is 2.25. The smallest absolute Gasteiger partial charge is 0.0543 e. The van der Waals surface area contributed by atoms with Crippen molar-refractivity contribution in [2.24, 2.45) is 0 Å². The van der Waals surface area contributed by atoms with Crippen LogP contribution in [0.3, 0.4) is 0 Å². The number of hydrogen-bond donors (Lipinski definition) is 1. The molecule has 84 valence electrons. The molecule has 2 heteroatoms. The van der Waals surface area contributed by atoms with Crippen LogP contribution >= 0.6 is 0 Å². The fourth-order valence-corrected chi connectivity index (χ4v) is 2.12. The van der Waals surface area contributed by atoms with Gasteiger partial charge in [0.2, 0.25) is 0 Å². The maximum absolute atomic E-state index is 5.21. The molecule has 1 saturated carbocycles. The van der Waals surface area contributed by atoms with Gasteiger partial charge in [-0.15, -0.1) is 0 Å². The zero-order valence-corrected chi connectivity index (χ0v) is 9.72. The molecule has 0 saturated heterocycles. The Hall–Kier alpha value is -0.0800. The Morgan fingerprint density at radius 3 is 2.64 bits per heavy atom. The molecule has 0 aliphatic heterocycles. The maximum atomic E-state index is 5.21. The molecule has 1 fully saturated rings. The Balaban J connectivity index is 1.92. The highest BCUT2D eigenvalue weighted by molar-refractivity contribution is 4.71. The summed E-state index contributed by atoms with van der Waals surface area (Å²) in [7, 11) is 1.79. The van der Waals surface area contributed by atoms with Crippen LogP contribution in [0.2, 0.25) is 0 Å². The van der Waals surface area contributed by atoms with Crippen molar-refractivity contribution < 1.29 is 4.74 Å². The largest absolute Gasteiger partial charge is 0.382 e. The summed E-state index contributed by atoms with van der Waals surface area (Å²) in [5, 5.41) is 3.65. The first-order valence-corrected chi connectivity index (χ1v) is 6.09. The van der Waals surface area contributed by atoms with Gasteiger partial charge in [-0.25, -0.2) is 0 Å². The van der Waals surface area contributed by atoms with E-state index >= 15 is 0 Å². The summed E-state index contributed by atoms with van der Waals surface area (Å²) in [6, 6.07) is 0.807. The highest BCUT2D eigenvalue weighted by Crippen LogP contribution is 2.17. The predicted octanol–water partition coefficient (Wildman–Crippen LogP) is 2.72. The molecular formula is C12H25NO. The molecule has 1 rings (SSSR count). The predicted molar refractivity (Wildman–Crippen MR) is 60.6 cm³/mol. The summed E-state index contributed by atoms with van der Waals surface area (Å²) in [6.45, 7) is 3.30. The highest BCUT2D eigenvalue weighted by Gasteiger charge is 2.11. The van der Waals surface area contributed by atoms with Gasteiger partial charge in [0.05, 0.1) is 6.10 Å². The van der Waals surface area contributed by atoms with Gasteiger partial charge in [0.1, 0.15) is 0 Å². The summed E-state index contributed by atoms with van der Waals surface area (Å²) in [4.78, 5) is 0. The van der Waals surface area contributed by atoms with Gasteiger partial charge in [0, 0.05) is 13.2 Å². The number of ether oxygens (including phenoxy) is 1. The van der Waals surface area contributed by atoms with E-state index in [1.807, 2.05) is 0 Å². The lowest BCUT2D eigenvalue weighted by atomic mass is 9.95. The highest BCUT2D eigenvalue weighted by atomic mass is 16.5. The van der Waals surface area contributed by atoms with E-state index in [4.69, 9.17) is 4.74 Å². The van der Waals surface area contributed by atoms with Gasteiger partial charge < -0.3 is 10.1 Å². The monoisotopic (exact) mass is 199 g/mol. The number of hydrogen-bond acceptors (Lipinski definition) is 2. The quantitative estimate of drug-likeness (QED) is 0.664. The average molecular weight is 199 g/mol. The Labute approximate surface area is 88.4 Å². The van der Waals surface area contributed by atoms with Crippen molar-refractivity contribution in [2.75, 3.05) is 13.7 Å². The molecule has 0 radical (unpaired) electrons. The Morgan fingerprint density at radius 1 is 1.29 bits per heavy atom. The van der Waals surface area contributed by atoms with Crippen molar-refractivity contribution in [3.63, 3.8) is 0 Å². The van der Waals surface area contributed by atoms with Crippen molar-refractivity contribution in [1.82, 2.24) is 5.32 Å². The lowest BCUT2D eigenvalue weighted by Crippen LogP contribution is -2.32. The molecule has 0 heterocycles. The molecule has 0 aromatic heterocycles. The minimum atomic E-state index is 0.420. The molecule has 1 aliphatic carbocycles. The number of methoxy groups -OCH3 is 1. The molecule has 14 heavy (non-hydrogen) atoms. The van der Waals surface area contributed by atoms with E-state index < -0.39 is 0 Å². The Bertz CT molecular complexity index is 132. The van der Waals surface area contributed by atoms with Crippen LogP contribution in [0.15, 0.2) is 0 Å². The normalized spacial score (nSPS) is 21.0. The lowest BCUT2D eigenvalue weighted by Gasteiger charge is -2.23. The number of rotatable bonds is 6. The topological polar surface area (TPSA) is 21.3 Å². The molecule has 0 aromatic rings. The summed E-state index contributed by atoms with van der Waals surface area (Å²) in [6.07, 6.45) is 9.90. The minimum Gasteiger partial charge on any atom is -0.382 e. The van der Waals surface area contributed by atoms with Crippen LogP contribution in [-0.4, -0.2) is 25.8 Å². The van der Waals surface area contributed by atoms with Crippen molar-refractivity contribution in [3.05, 3.63) is 0 Å². The number of nitrogens with one attached hydrogen (secondary N) is 1. The third kappa shape index (κ3) is 4.97. The van der Waals surface area contributed by atoms with E-state index in [9.17, 15) is 0 Å². The first-order valence-electron chi connectivity index (χ1n) is 6.09. The molecule has 0 aromatic carbocycles. The molecule has 1 aliphatic rings. The van der Waals surface area contributed by atoms with Crippen LogP contribution in [-0.2, 0) is 4.74 Å². The summed E-state index contributed by atoms with van der Waals surface area (Å²) < 4.78 is 5.21. The van der Waals surface area contributed by atoms with E-state index in [0.29, 0.717) is 6.10 Å². The van der Waals surface area contributed by atoms with Gasteiger partial charge in [0.25, 0.3) is 0 Å². The van der Waals surface area contributed by atoms with Crippen LogP contribution in [0, 0.1) is 0 Å². The maximum Gasteiger partial charge on any atom is 0.0543 e. The Morgan fingerprint density at radius 2 is 2.00 bits per heavy atom. The second-order valence-corrected chi connectivity index (χ2v) is 4.48. The van der Waals surface area contributed by atoms with Gasteiger partial charge in [-0.1, -0.05) is 19.3 Å². The van der Waals surface area contributed by atoms with Crippen molar-refractivity contribution in [1.29, 1.82) is 0 Å². The summed E-state index contributed by atoms with van der Waals surface area (Å²) >= 11 is 0. The van der Waals surface area contributed by atoms with Crippen molar-refractivity contribution >= 4 is 0 Å².